The summed E-state index contributed by atoms with van der Waals surface area (Å²) in [5.74, 6) is -1.33. The zero-order chi connectivity index (χ0) is 10.8. The fourth-order valence-corrected chi connectivity index (χ4v) is 1.22. The smallest absolute Gasteiger partial charge is 0.162 e. The van der Waals surface area contributed by atoms with Crippen LogP contribution in [0.1, 0.15) is 5.69 Å². The summed E-state index contributed by atoms with van der Waals surface area (Å²) in [4.78, 5) is 0. The molecule has 0 radical (unpaired) electrons. The lowest BCUT2D eigenvalue weighted by molar-refractivity contribution is 0.585. The number of aromatic amines is 1. The number of nitrogens with one attached hydrogen (secondary N) is 1. The highest BCUT2D eigenvalue weighted by molar-refractivity contribution is 5.60. The van der Waals surface area contributed by atoms with Gasteiger partial charge >= 0.3 is 0 Å². The van der Waals surface area contributed by atoms with Crippen LogP contribution in [0, 0.1) is 23.0 Å². The average molecular weight is 205 g/mol. The minimum absolute atomic E-state index is 0.161. The quantitative estimate of drug-likeness (QED) is 0.776. The highest BCUT2D eigenvalue weighted by atomic mass is 19.1. The number of benzene rings is 1. The molecule has 0 aliphatic carbocycles. The van der Waals surface area contributed by atoms with Gasteiger partial charge in [0, 0.05) is 17.7 Å². The number of nitriles is 1. The molecular formula is C10H5F2N3. The maximum absolute atomic E-state index is 13.3. The SMILES string of the molecule is N#Cc1cc(-c2ccc(F)cc2F)[nH]n1. The Morgan fingerprint density at radius 1 is 1.27 bits per heavy atom. The van der Waals surface area contributed by atoms with Gasteiger partial charge in [0.1, 0.15) is 17.7 Å². The fraction of sp³-hybridized carbons (Fsp3) is 0. The molecule has 0 bridgehead atoms. The number of H-pyrrole nitrogens is 1. The Kier molecular flexibility index (Phi) is 2.18. The molecular weight excluding hydrogens is 200 g/mol. The van der Waals surface area contributed by atoms with Crippen molar-refractivity contribution in [3.8, 4) is 17.3 Å². The molecule has 0 saturated heterocycles. The van der Waals surface area contributed by atoms with Gasteiger partial charge in [0.2, 0.25) is 0 Å². The summed E-state index contributed by atoms with van der Waals surface area (Å²) in [7, 11) is 0. The van der Waals surface area contributed by atoms with Crippen LogP contribution in [-0.2, 0) is 0 Å². The second-order valence-corrected chi connectivity index (χ2v) is 2.90. The first-order chi connectivity index (χ1) is 7.20. The summed E-state index contributed by atoms with van der Waals surface area (Å²) in [6, 6.07) is 6.42. The molecule has 74 valence electrons. The highest BCUT2D eigenvalue weighted by Crippen LogP contribution is 2.21. The number of aromatic nitrogens is 2. The molecule has 0 aliphatic rings. The largest absolute Gasteiger partial charge is 0.276 e. The summed E-state index contributed by atoms with van der Waals surface area (Å²) >= 11 is 0. The lowest BCUT2D eigenvalue weighted by Crippen LogP contribution is -1.86. The van der Waals surface area contributed by atoms with Crippen molar-refractivity contribution in [3.05, 3.63) is 41.6 Å². The molecule has 2 aromatic rings. The molecule has 0 fully saturated rings. The molecule has 3 nitrogen and oxygen atoms in total. The van der Waals surface area contributed by atoms with Gasteiger partial charge in [-0.3, -0.25) is 5.10 Å². The highest BCUT2D eigenvalue weighted by Gasteiger charge is 2.09. The van der Waals surface area contributed by atoms with Gasteiger partial charge in [-0.15, -0.1) is 0 Å². The van der Waals surface area contributed by atoms with Gasteiger partial charge in [-0.2, -0.15) is 10.4 Å². The predicted octanol–water partition coefficient (Wildman–Crippen LogP) is 2.23. The summed E-state index contributed by atoms with van der Waals surface area (Å²) in [5.41, 5.74) is 0.697. The second-order valence-electron chi connectivity index (χ2n) is 2.90. The summed E-state index contributed by atoms with van der Waals surface area (Å²) in [6.07, 6.45) is 0. The minimum Gasteiger partial charge on any atom is -0.276 e. The molecule has 1 heterocycles. The molecule has 1 aromatic carbocycles. The first-order valence-electron chi connectivity index (χ1n) is 4.11. The number of rotatable bonds is 1. The van der Waals surface area contributed by atoms with Crippen LogP contribution in [0.4, 0.5) is 8.78 Å². The third-order valence-electron chi connectivity index (χ3n) is 1.91. The van der Waals surface area contributed by atoms with Crippen molar-refractivity contribution in [1.29, 1.82) is 5.26 Å². The van der Waals surface area contributed by atoms with E-state index in [0.29, 0.717) is 5.69 Å². The van der Waals surface area contributed by atoms with Crippen LogP contribution < -0.4 is 0 Å². The van der Waals surface area contributed by atoms with Gasteiger partial charge in [-0.25, -0.2) is 8.78 Å². The Balaban J connectivity index is 2.50. The molecule has 1 aromatic heterocycles. The molecule has 0 saturated carbocycles. The van der Waals surface area contributed by atoms with E-state index in [1.54, 1.807) is 0 Å². The normalized spacial score (nSPS) is 9.93. The zero-order valence-corrected chi connectivity index (χ0v) is 7.46. The van der Waals surface area contributed by atoms with E-state index in [0.717, 1.165) is 12.1 Å². The Labute approximate surface area is 84.0 Å². The van der Waals surface area contributed by atoms with Gasteiger partial charge in [-0.1, -0.05) is 0 Å². The van der Waals surface area contributed by atoms with Crippen molar-refractivity contribution in [2.75, 3.05) is 0 Å². The molecule has 5 heteroatoms. The van der Waals surface area contributed by atoms with Crippen LogP contribution in [-0.4, -0.2) is 10.2 Å². The lowest BCUT2D eigenvalue weighted by atomic mass is 10.1. The first-order valence-corrected chi connectivity index (χ1v) is 4.11. The Morgan fingerprint density at radius 3 is 2.67 bits per heavy atom. The second kappa shape index (κ2) is 3.50. The van der Waals surface area contributed by atoms with Crippen molar-refractivity contribution in [2.45, 2.75) is 0 Å². The van der Waals surface area contributed by atoms with E-state index in [4.69, 9.17) is 5.26 Å². The third kappa shape index (κ3) is 1.70. The van der Waals surface area contributed by atoms with E-state index in [-0.39, 0.29) is 11.3 Å². The maximum Gasteiger partial charge on any atom is 0.162 e. The molecule has 1 N–H and O–H groups in total. The predicted molar refractivity (Wildman–Crippen MR) is 48.7 cm³/mol. The van der Waals surface area contributed by atoms with E-state index in [2.05, 4.69) is 10.2 Å². The summed E-state index contributed by atoms with van der Waals surface area (Å²) < 4.78 is 25.9. The van der Waals surface area contributed by atoms with Gasteiger partial charge in [0.05, 0.1) is 5.69 Å². The topological polar surface area (TPSA) is 52.5 Å². The number of hydrogen-bond acceptors (Lipinski definition) is 2. The van der Waals surface area contributed by atoms with Crippen LogP contribution >= 0.6 is 0 Å². The molecule has 0 unspecified atom stereocenters. The zero-order valence-electron chi connectivity index (χ0n) is 7.46. The first kappa shape index (κ1) is 9.34. The number of hydrogen-bond donors (Lipinski definition) is 1. The van der Waals surface area contributed by atoms with Crippen LogP contribution in [0.5, 0.6) is 0 Å². The monoisotopic (exact) mass is 205 g/mol. The lowest BCUT2D eigenvalue weighted by Gasteiger charge is -1.98. The van der Waals surface area contributed by atoms with Crippen molar-refractivity contribution in [3.63, 3.8) is 0 Å². The average Bonchev–Trinajstić information content (AvgIpc) is 2.66. The van der Waals surface area contributed by atoms with E-state index < -0.39 is 11.6 Å². The van der Waals surface area contributed by atoms with Crippen LogP contribution in [0.3, 0.4) is 0 Å². The van der Waals surface area contributed by atoms with Gasteiger partial charge in [0.15, 0.2) is 5.69 Å². The van der Waals surface area contributed by atoms with Crippen molar-refractivity contribution in [1.82, 2.24) is 10.2 Å². The number of nitrogens with zero attached hydrogens (tertiary/aromatic N) is 2. The molecule has 0 atom stereocenters. The standard InChI is InChI=1S/C10H5F2N3/c11-6-1-2-8(9(12)3-6)10-4-7(5-13)14-15-10/h1-4H,(H,14,15). The minimum atomic E-state index is -0.692. The fourth-order valence-electron chi connectivity index (χ4n) is 1.22. The summed E-state index contributed by atoms with van der Waals surface area (Å²) in [5, 5.41) is 14.7. The number of halogens is 2. The third-order valence-corrected chi connectivity index (χ3v) is 1.91. The Hall–Kier alpha value is -2.22. The van der Waals surface area contributed by atoms with Gasteiger partial charge < -0.3 is 0 Å². The van der Waals surface area contributed by atoms with Crippen molar-refractivity contribution < 1.29 is 8.78 Å². The van der Waals surface area contributed by atoms with E-state index >= 15 is 0 Å². The maximum atomic E-state index is 13.3. The van der Waals surface area contributed by atoms with Gasteiger partial charge in [0.25, 0.3) is 0 Å². The van der Waals surface area contributed by atoms with Crippen molar-refractivity contribution in [2.24, 2.45) is 0 Å². The van der Waals surface area contributed by atoms with E-state index in [1.165, 1.54) is 12.1 Å². The van der Waals surface area contributed by atoms with Crippen LogP contribution in [0.25, 0.3) is 11.3 Å². The van der Waals surface area contributed by atoms with Gasteiger partial charge in [-0.05, 0) is 12.1 Å². The Morgan fingerprint density at radius 2 is 2.07 bits per heavy atom. The molecule has 0 aliphatic heterocycles. The Bertz CT molecular complexity index is 540. The molecule has 2 rings (SSSR count). The molecule has 0 spiro atoms. The van der Waals surface area contributed by atoms with Crippen molar-refractivity contribution >= 4 is 0 Å². The van der Waals surface area contributed by atoms with Crippen LogP contribution in [0.15, 0.2) is 24.3 Å². The molecule has 0 amide bonds. The van der Waals surface area contributed by atoms with E-state index in [1.807, 2.05) is 6.07 Å². The van der Waals surface area contributed by atoms with E-state index in [9.17, 15) is 8.78 Å². The summed E-state index contributed by atoms with van der Waals surface area (Å²) in [6.45, 7) is 0. The molecule has 15 heavy (non-hydrogen) atoms. The van der Waals surface area contributed by atoms with Crippen LogP contribution in [0.2, 0.25) is 0 Å².